The molecule has 5 heteroatoms. The van der Waals surface area contributed by atoms with Crippen LogP contribution in [-0.2, 0) is 6.18 Å². The molecule has 0 amide bonds. The first-order valence-corrected chi connectivity index (χ1v) is 7.72. The zero-order valence-electron chi connectivity index (χ0n) is 13.8. The van der Waals surface area contributed by atoms with Crippen molar-refractivity contribution in [2.75, 3.05) is 0 Å². The average molecular weight is 343 g/mol. The molecule has 0 bridgehead atoms. The molecule has 2 aromatic carbocycles. The Morgan fingerprint density at radius 2 is 1.52 bits per heavy atom. The average Bonchev–Trinajstić information content (AvgIpc) is 2.57. The number of halogens is 3. The first-order valence-electron chi connectivity index (χ1n) is 7.72. The number of ether oxygens (including phenoxy) is 1. The molecule has 1 aromatic heterocycles. The van der Waals surface area contributed by atoms with Crippen molar-refractivity contribution in [2.45, 2.75) is 20.0 Å². The van der Waals surface area contributed by atoms with Crippen molar-refractivity contribution in [1.82, 2.24) is 4.98 Å². The van der Waals surface area contributed by atoms with Gasteiger partial charge in [-0.15, -0.1) is 0 Å². The minimum atomic E-state index is -4.41. The Kier molecular flexibility index (Phi) is 4.49. The van der Waals surface area contributed by atoms with Crippen LogP contribution < -0.4 is 4.74 Å². The van der Waals surface area contributed by atoms with E-state index in [1.165, 1.54) is 11.6 Å². The number of aryl methyl sites for hydroxylation is 2. The van der Waals surface area contributed by atoms with Crippen LogP contribution in [0.5, 0.6) is 11.6 Å². The Bertz CT molecular complexity index is 869. The Labute approximate surface area is 143 Å². The van der Waals surface area contributed by atoms with Crippen molar-refractivity contribution in [2.24, 2.45) is 0 Å². The molecular weight excluding hydrogens is 327 g/mol. The summed E-state index contributed by atoms with van der Waals surface area (Å²) in [4.78, 5) is 3.73. The van der Waals surface area contributed by atoms with Crippen LogP contribution in [-0.4, -0.2) is 4.98 Å². The topological polar surface area (TPSA) is 22.1 Å². The molecular formula is C20H16F3NO. The minimum Gasteiger partial charge on any atom is -0.439 e. The number of pyridine rings is 1. The zero-order valence-corrected chi connectivity index (χ0v) is 13.8. The lowest BCUT2D eigenvalue weighted by Crippen LogP contribution is -2.05. The van der Waals surface area contributed by atoms with Gasteiger partial charge in [0.25, 0.3) is 0 Å². The molecule has 25 heavy (non-hydrogen) atoms. The molecule has 0 aliphatic rings. The Morgan fingerprint density at radius 1 is 0.840 bits per heavy atom. The predicted octanol–water partition coefficient (Wildman–Crippen LogP) is 6.18. The fourth-order valence-corrected chi connectivity index (χ4v) is 2.41. The summed E-state index contributed by atoms with van der Waals surface area (Å²) >= 11 is 0. The first-order chi connectivity index (χ1) is 11.8. The van der Waals surface area contributed by atoms with E-state index in [0.717, 1.165) is 29.0 Å². The molecule has 0 saturated heterocycles. The molecule has 0 saturated carbocycles. The number of benzene rings is 2. The van der Waals surface area contributed by atoms with Gasteiger partial charge in [0.2, 0.25) is 5.88 Å². The predicted molar refractivity (Wildman–Crippen MR) is 90.7 cm³/mol. The van der Waals surface area contributed by atoms with E-state index in [2.05, 4.69) is 4.98 Å². The second kappa shape index (κ2) is 6.59. The maximum atomic E-state index is 12.6. The molecule has 0 spiro atoms. The summed E-state index contributed by atoms with van der Waals surface area (Å²) in [5, 5.41) is 0. The second-order valence-corrected chi connectivity index (χ2v) is 5.83. The standard InChI is InChI=1S/C20H16F3NO/c1-13-3-5-15(6-4-13)16-7-9-18(14(2)11-16)25-19-10-8-17(12-24-19)20(21,22)23/h3-12H,1-2H3. The van der Waals surface area contributed by atoms with Crippen molar-refractivity contribution in [3.05, 3.63) is 77.5 Å². The van der Waals surface area contributed by atoms with Crippen molar-refractivity contribution < 1.29 is 17.9 Å². The Morgan fingerprint density at radius 3 is 2.08 bits per heavy atom. The number of hydrogen-bond acceptors (Lipinski definition) is 2. The molecule has 3 aromatic rings. The van der Waals surface area contributed by atoms with Crippen molar-refractivity contribution in [1.29, 1.82) is 0 Å². The van der Waals surface area contributed by atoms with Crippen LogP contribution in [0.25, 0.3) is 11.1 Å². The molecule has 0 N–H and O–H groups in total. The van der Waals surface area contributed by atoms with Crippen LogP contribution in [0.15, 0.2) is 60.8 Å². The molecule has 2 nitrogen and oxygen atoms in total. The van der Waals surface area contributed by atoms with Crippen LogP contribution in [0.1, 0.15) is 16.7 Å². The third-order valence-electron chi connectivity index (χ3n) is 3.84. The quantitative estimate of drug-likeness (QED) is 0.567. The fourth-order valence-electron chi connectivity index (χ4n) is 2.41. The first kappa shape index (κ1) is 17.0. The van der Waals surface area contributed by atoms with E-state index in [1.54, 1.807) is 6.07 Å². The largest absolute Gasteiger partial charge is 0.439 e. The van der Waals surface area contributed by atoms with Crippen molar-refractivity contribution in [3.8, 4) is 22.8 Å². The van der Waals surface area contributed by atoms with Gasteiger partial charge in [-0.2, -0.15) is 13.2 Å². The van der Waals surface area contributed by atoms with Gasteiger partial charge in [0, 0.05) is 12.3 Å². The third kappa shape index (κ3) is 3.99. The van der Waals surface area contributed by atoms with Crippen LogP contribution in [0.4, 0.5) is 13.2 Å². The second-order valence-electron chi connectivity index (χ2n) is 5.83. The van der Waals surface area contributed by atoms with E-state index >= 15 is 0 Å². The molecule has 0 aliphatic heterocycles. The maximum Gasteiger partial charge on any atom is 0.417 e. The summed E-state index contributed by atoms with van der Waals surface area (Å²) < 4.78 is 43.3. The van der Waals surface area contributed by atoms with Gasteiger partial charge in [-0.25, -0.2) is 4.98 Å². The number of alkyl halides is 3. The lowest BCUT2D eigenvalue weighted by molar-refractivity contribution is -0.137. The molecule has 128 valence electrons. The van der Waals surface area contributed by atoms with Gasteiger partial charge >= 0.3 is 6.18 Å². The highest BCUT2D eigenvalue weighted by molar-refractivity contribution is 5.66. The van der Waals surface area contributed by atoms with Crippen LogP contribution in [0.3, 0.4) is 0 Å². The normalized spacial score (nSPS) is 11.4. The Balaban J connectivity index is 1.80. The Hall–Kier alpha value is -2.82. The molecule has 1 heterocycles. The smallest absolute Gasteiger partial charge is 0.417 e. The van der Waals surface area contributed by atoms with Gasteiger partial charge in [-0.3, -0.25) is 0 Å². The van der Waals surface area contributed by atoms with E-state index in [4.69, 9.17) is 4.74 Å². The van der Waals surface area contributed by atoms with Crippen molar-refractivity contribution >= 4 is 0 Å². The highest BCUT2D eigenvalue weighted by atomic mass is 19.4. The van der Waals surface area contributed by atoms with Crippen molar-refractivity contribution in [3.63, 3.8) is 0 Å². The van der Waals surface area contributed by atoms with Gasteiger partial charge in [0.05, 0.1) is 5.56 Å². The SMILES string of the molecule is Cc1ccc(-c2ccc(Oc3ccc(C(F)(F)F)cn3)c(C)c2)cc1. The van der Waals surface area contributed by atoms with Gasteiger partial charge in [0.1, 0.15) is 5.75 Å². The number of nitrogens with zero attached hydrogens (tertiary/aromatic N) is 1. The molecule has 0 aliphatic carbocycles. The summed E-state index contributed by atoms with van der Waals surface area (Å²) in [5.74, 6) is 0.683. The van der Waals surface area contributed by atoms with Crippen LogP contribution in [0, 0.1) is 13.8 Å². The number of rotatable bonds is 3. The molecule has 0 unspecified atom stereocenters. The fraction of sp³-hybridized carbons (Fsp3) is 0.150. The summed E-state index contributed by atoms with van der Waals surface area (Å²) in [5.41, 5.74) is 3.40. The van der Waals surface area contributed by atoms with Gasteiger partial charge in [-0.1, -0.05) is 35.9 Å². The van der Waals surface area contributed by atoms with E-state index in [-0.39, 0.29) is 5.88 Å². The summed E-state index contributed by atoms with van der Waals surface area (Å²) in [6.07, 6.45) is -3.64. The lowest BCUT2D eigenvalue weighted by atomic mass is 10.0. The third-order valence-corrected chi connectivity index (χ3v) is 3.84. The number of aromatic nitrogens is 1. The van der Waals surface area contributed by atoms with E-state index in [9.17, 15) is 13.2 Å². The van der Waals surface area contributed by atoms with E-state index < -0.39 is 11.7 Å². The van der Waals surface area contributed by atoms with Crippen LogP contribution in [0.2, 0.25) is 0 Å². The zero-order chi connectivity index (χ0) is 18.0. The summed E-state index contributed by atoms with van der Waals surface area (Å²) in [6.45, 7) is 3.92. The monoisotopic (exact) mass is 343 g/mol. The summed E-state index contributed by atoms with van der Waals surface area (Å²) in [6, 6.07) is 16.0. The molecule has 0 fully saturated rings. The van der Waals surface area contributed by atoms with E-state index in [0.29, 0.717) is 5.75 Å². The maximum absolute atomic E-state index is 12.6. The van der Waals surface area contributed by atoms with Gasteiger partial charge < -0.3 is 4.74 Å². The van der Waals surface area contributed by atoms with Gasteiger partial charge in [0.15, 0.2) is 0 Å². The molecule has 0 atom stereocenters. The van der Waals surface area contributed by atoms with E-state index in [1.807, 2.05) is 50.2 Å². The summed E-state index contributed by atoms with van der Waals surface area (Å²) in [7, 11) is 0. The van der Waals surface area contributed by atoms with Crippen LogP contribution >= 0.6 is 0 Å². The highest BCUT2D eigenvalue weighted by Gasteiger charge is 2.30. The van der Waals surface area contributed by atoms with Gasteiger partial charge in [-0.05, 0) is 48.7 Å². The molecule has 0 radical (unpaired) electrons. The lowest BCUT2D eigenvalue weighted by Gasteiger charge is -2.11. The highest BCUT2D eigenvalue weighted by Crippen LogP contribution is 2.32. The number of hydrogen-bond donors (Lipinski definition) is 0. The molecule has 3 rings (SSSR count). The minimum absolute atomic E-state index is 0.124.